The van der Waals surface area contributed by atoms with E-state index in [4.69, 9.17) is 4.52 Å². The van der Waals surface area contributed by atoms with Crippen molar-refractivity contribution >= 4 is 5.91 Å². The molecule has 3 aliphatic heterocycles. The van der Waals surface area contributed by atoms with Crippen LogP contribution in [0.25, 0.3) is 0 Å². The summed E-state index contributed by atoms with van der Waals surface area (Å²) in [6.07, 6.45) is 5.73. The number of carbonyl (C=O) groups excluding carboxylic acids is 1. The molecule has 2 aromatic heterocycles. The minimum atomic E-state index is 0.0982. The van der Waals surface area contributed by atoms with E-state index in [-0.39, 0.29) is 17.9 Å². The molecule has 1 amide bonds. The standard InChI is InChI=1S/C19H24N4O2/c1-13-18(14(2)25-21-13)12-23-17-4-3-16(19(23)24)10-22(11-17)9-15-5-7-20-8-6-15/h5-8,16-17H,3-4,9-12H2,1-2H3/t16-,17+/m1/s1. The molecule has 0 radical (unpaired) electrons. The fraction of sp³-hybridized carbons (Fsp3) is 0.526. The number of aromatic nitrogens is 2. The molecule has 0 saturated carbocycles. The molecule has 0 unspecified atom stereocenters. The quantitative estimate of drug-likeness (QED) is 0.855. The van der Waals surface area contributed by atoms with E-state index in [1.807, 2.05) is 26.2 Å². The van der Waals surface area contributed by atoms with Gasteiger partial charge in [-0.25, -0.2) is 0 Å². The number of fused-ring (bicyclic) bond motifs is 4. The van der Waals surface area contributed by atoms with Crippen LogP contribution in [0.3, 0.4) is 0 Å². The normalized spacial score (nSPS) is 23.9. The van der Waals surface area contributed by atoms with Gasteiger partial charge in [-0.15, -0.1) is 0 Å². The zero-order valence-electron chi connectivity index (χ0n) is 14.8. The predicted molar refractivity (Wildman–Crippen MR) is 92.6 cm³/mol. The van der Waals surface area contributed by atoms with Gasteiger partial charge in [0.25, 0.3) is 0 Å². The van der Waals surface area contributed by atoms with Gasteiger partial charge in [0.1, 0.15) is 5.76 Å². The number of rotatable bonds is 4. The minimum Gasteiger partial charge on any atom is -0.361 e. The average Bonchev–Trinajstić information content (AvgIpc) is 2.77. The van der Waals surface area contributed by atoms with E-state index >= 15 is 0 Å². The topological polar surface area (TPSA) is 62.5 Å². The average molecular weight is 340 g/mol. The summed E-state index contributed by atoms with van der Waals surface area (Å²) in [5, 5.41) is 4.03. The molecule has 25 heavy (non-hydrogen) atoms. The van der Waals surface area contributed by atoms with Gasteiger partial charge in [0.2, 0.25) is 5.91 Å². The van der Waals surface area contributed by atoms with Crippen LogP contribution in [-0.2, 0) is 17.9 Å². The van der Waals surface area contributed by atoms with Gasteiger partial charge in [-0.2, -0.15) is 0 Å². The highest BCUT2D eigenvalue weighted by Gasteiger charge is 2.41. The first kappa shape index (κ1) is 16.3. The molecule has 5 rings (SSSR count). The molecular formula is C19H24N4O2. The van der Waals surface area contributed by atoms with Crippen LogP contribution in [0.4, 0.5) is 0 Å². The second kappa shape index (κ2) is 6.59. The van der Waals surface area contributed by atoms with Gasteiger partial charge in [-0.1, -0.05) is 5.16 Å². The third-order valence-corrected chi connectivity index (χ3v) is 5.53. The molecule has 3 saturated heterocycles. The van der Waals surface area contributed by atoms with Crippen molar-refractivity contribution in [2.24, 2.45) is 5.92 Å². The van der Waals surface area contributed by atoms with Crippen LogP contribution in [0.2, 0.25) is 0 Å². The molecule has 2 atom stereocenters. The molecular weight excluding hydrogens is 316 g/mol. The highest BCUT2D eigenvalue weighted by Crippen LogP contribution is 2.32. The number of hydrogen-bond donors (Lipinski definition) is 0. The maximum Gasteiger partial charge on any atom is 0.227 e. The van der Waals surface area contributed by atoms with Crippen molar-refractivity contribution in [2.45, 2.75) is 45.8 Å². The van der Waals surface area contributed by atoms with E-state index in [1.165, 1.54) is 5.56 Å². The van der Waals surface area contributed by atoms with Gasteiger partial charge in [0.15, 0.2) is 0 Å². The Morgan fingerprint density at radius 3 is 2.68 bits per heavy atom. The summed E-state index contributed by atoms with van der Waals surface area (Å²) < 4.78 is 5.28. The van der Waals surface area contributed by atoms with Crippen LogP contribution < -0.4 is 0 Å². The number of nitrogens with zero attached hydrogens (tertiary/aromatic N) is 4. The Bertz CT molecular complexity index is 739. The van der Waals surface area contributed by atoms with Crippen LogP contribution in [0, 0.1) is 19.8 Å². The molecule has 6 nitrogen and oxygen atoms in total. The Hall–Kier alpha value is -2.21. The van der Waals surface area contributed by atoms with Gasteiger partial charge >= 0.3 is 0 Å². The lowest BCUT2D eigenvalue weighted by molar-refractivity contribution is -0.140. The highest BCUT2D eigenvalue weighted by molar-refractivity contribution is 5.80. The molecule has 0 spiro atoms. The molecule has 3 aliphatic rings. The zero-order valence-corrected chi connectivity index (χ0v) is 14.8. The minimum absolute atomic E-state index is 0.0982. The highest BCUT2D eigenvalue weighted by atomic mass is 16.5. The molecule has 0 aliphatic carbocycles. The van der Waals surface area contributed by atoms with Crippen molar-refractivity contribution in [3.05, 3.63) is 47.1 Å². The van der Waals surface area contributed by atoms with E-state index < -0.39 is 0 Å². The van der Waals surface area contributed by atoms with E-state index in [0.29, 0.717) is 6.54 Å². The summed E-state index contributed by atoms with van der Waals surface area (Å²) in [7, 11) is 0. The van der Waals surface area contributed by atoms with Crippen LogP contribution in [0.1, 0.15) is 35.4 Å². The van der Waals surface area contributed by atoms with E-state index in [9.17, 15) is 4.79 Å². The maximum atomic E-state index is 13.0. The Balaban J connectivity index is 1.53. The Labute approximate surface area is 147 Å². The van der Waals surface area contributed by atoms with Crippen molar-refractivity contribution in [3.8, 4) is 0 Å². The van der Waals surface area contributed by atoms with Crippen LogP contribution in [0.15, 0.2) is 29.0 Å². The Kier molecular flexibility index (Phi) is 4.29. The summed E-state index contributed by atoms with van der Waals surface area (Å²) in [5.74, 6) is 1.20. The summed E-state index contributed by atoms with van der Waals surface area (Å²) in [4.78, 5) is 21.6. The molecule has 2 aromatic rings. The number of carbonyl (C=O) groups is 1. The lowest BCUT2D eigenvalue weighted by Gasteiger charge is -2.36. The SMILES string of the molecule is Cc1noc(C)c1CN1C(=O)[C@@H]2CC[C@H]1CN(Cc1ccncc1)C2. The van der Waals surface area contributed by atoms with Gasteiger partial charge in [-0.05, 0) is 44.4 Å². The summed E-state index contributed by atoms with van der Waals surface area (Å²) >= 11 is 0. The van der Waals surface area contributed by atoms with Crippen molar-refractivity contribution < 1.29 is 9.32 Å². The first-order valence-corrected chi connectivity index (χ1v) is 8.95. The maximum absolute atomic E-state index is 13.0. The second-order valence-electron chi connectivity index (χ2n) is 7.25. The van der Waals surface area contributed by atoms with Gasteiger partial charge in [0, 0.05) is 43.6 Å². The number of aryl methyl sites for hydroxylation is 2. The first-order valence-electron chi connectivity index (χ1n) is 8.95. The van der Waals surface area contributed by atoms with Crippen molar-refractivity contribution in [1.82, 2.24) is 19.9 Å². The zero-order chi connectivity index (χ0) is 17.4. The van der Waals surface area contributed by atoms with Crippen molar-refractivity contribution in [2.75, 3.05) is 13.1 Å². The largest absolute Gasteiger partial charge is 0.361 e. The molecule has 0 N–H and O–H groups in total. The van der Waals surface area contributed by atoms with Gasteiger partial charge in [-0.3, -0.25) is 14.7 Å². The smallest absolute Gasteiger partial charge is 0.227 e. The molecule has 132 valence electrons. The van der Waals surface area contributed by atoms with E-state index in [2.05, 4.69) is 32.1 Å². The van der Waals surface area contributed by atoms with Crippen LogP contribution in [-0.4, -0.2) is 45.0 Å². The second-order valence-corrected chi connectivity index (χ2v) is 7.25. The van der Waals surface area contributed by atoms with Crippen molar-refractivity contribution in [3.63, 3.8) is 0 Å². The first-order chi connectivity index (χ1) is 12.1. The summed E-state index contributed by atoms with van der Waals surface area (Å²) in [6, 6.07) is 4.37. The Morgan fingerprint density at radius 2 is 1.96 bits per heavy atom. The molecule has 0 aromatic carbocycles. The fourth-order valence-electron chi connectivity index (χ4n) is 4.11. The monoisotopic (exact) mass is 340 g/mol. The summed E-state index contributed by atoms with van der Waals surface area (Å²) in [6.45, 7) is 7.13. The molecule has 3 fully saturated rings. The van der Waals surface area contributed by atoms with Crippen LogP contribution >= 0.6 is 0 Å². The number of pyridine rings is 1. The van der Waals surface area contributed by atoms with E-state index in [1.54, 1.807) is 0 Å². The van der Waals surface area contributed by atoms with Crippen LogP contribution in [0.5, 0.6) is 0 Å². The third-order valence-electron chi connectivity index (χ3n) is 5.53. The fourth-order valence-corrected chi connectivity index (χ4v) is 4.11. The Morgan fingerprint density at radius 1 is 1.16 bits per heavy atom. The summed E-state index contributed by atoms with van der Waals surface area (Å²) in [5.41, 5.74) is 3.20. The van der Waals surface area contributed by atoms with Crippen molar-refractivity contribution in [1.29, 1.82) is 0 Å². The van der Waals surface area contributed by atoms with E-state index in [0.717, 1.165) is 49.5 Å². The number of amides is 1. The lowest BCUT2D eigenvalue weighted by atomic mass is 9.93. The van der Waals surface area contributed by atoms with Gasteiger partial charge in [0.05, 0.1) is 18.2 Å². The molecule has 5 heterocycles. The predicted octanol–water partition coefficient (Wildman–Crippen LogP) is 2.31. The van der Waals surface area contributed by atoms with Gasteiger partial charge < -0.3 is 9.42 Å². The molecule has 2 bridgehead atoms. The third kappa shape index (κ3) is 3.18. The lowest BCUT2D eigenvalue weighted by Crippen LogP contribution is -2.47. The number of hydrogen-bond acceptors (Lipinski definition) is 5. The number of piperidine rings is 1. The molecule has 6 heteroatoms.